The quantitative estimate of drug-likeness (QED) is 0.504. The first-order valence-corrected chi connectivity index (χ1v) is 8.91. The summed E-state index contributed by atoms with van der Waals surface area (Å²) in [6.45, 7) is 4.49. The minimum Gasteiger partial charge on any atom is -0.336 e. The molecule has 3 rings (SSSR count). The number of imidazole rings is 1. The molecule has 9 heteroatoms. The molecule has 1 aromatic carbocycles. The molecule has 9 nitrogen and oxygen atoms in total. The van der Waals surface area contributed by atoms with Crippen LogP contribution in [0.2, 0.25) is 0 Å². The Bertz CT molecular complexity index is 1090. The Morgan fingerprint density at radius 2 is 1.81 bits per heavy atom. The van der Waals surface area contributed by atoms with Gasteiger partial charge in [-0.3, -0.25) is 24.0 Å². The lowest BCUT2D eigenvalue weighted by Gasteiger charge is -2.10. The van der Waals surface area contributed by atoms with Crippen molar-refractivity contribution in [2.75, 3.05) is 0 Å². The highest BCUT2D eigenvalue weighted by Crippen LogP contribution is 2.13. The third-order valence-corrected chi connectivity index (χ3v) is 4.46. The number of nitrogens with zero attached hydrogens (tertiary/aromatic N) is 4. The molecule has 0 spiro atoms. The molecule has 27 heavy (non-hydrogen) atoms. The van der Waals surface area contributed by atoms with Crippen molar-refractivity contribution in [3.05, 3.63) is 66.6 Å². The van der Waals surface area contributed by atoms with Crippen LogP contribution in [0.4, 0.5) is 5.69 Å². The van der Waals surface area contributed by atoms with Gasteiger partial charge in [-0.05, 0) is 18.4 Å². The predicted octanol–water partition coefficient (Wildman–Crippen LogP) is 2.01. The second-order valence-corrected chi connectivity index (χ2v) is 6.30. The minimum atomic E-state index is -0.450. The Kier molecular flexibility index (Phi) is 5.20. The third-order valence-electron chi connectivity index (χ3n) is 4.46. The van der Waals surface area contributed by atoms with E-state index in [1.54, 1.807) is 12.1 Å². The van der Waals surface area contributed by atoms with E-state index in [1.165, 1.54) is 21.3 Å². The number of aryl methyl sites for hydroxylation is 3. The molecule has 0 radical (unpaired) electrons. The fourth-order valence-corrected chi connectivity index (χ4v) is 3.03. The molecular formula is C18H21N5O4. The summed E-state index contributed by atoms with van der Waals surface area (Å²) in [7, 11) is 0. The van der Waals surface area contributed by atoms with Crippen molar-refractivity contribution in [2.24, 2.45) is 0 Å². The fourth-order valence-electron chi connectivity index (χ4n) is 3.03. The van der Waals surface area contributed by atoms with Gasteiger partial charge >= 0.3 is 5.69 Å². The molecule has 2 aromatic heterocycles. The first-order valence-electron chi connectivity index (χ1n) is 8.91. The molecule has 0 aliphatic carbocycles. The van der Waals surface area contributed by atoms with E-state index in [2.05, 4.69) is 9.97 Å². The zero-order valence-electron chi connectivity index (χ0n) is 15.3. The molecule has 0 fully saturated rings. The third kappa shape index (κ3) is 3.53. The number of nitro groups is 1. The van der Waals surface area contributed by atoms with E-state index in [1.807, 2.05) is 13.8 Å². The van der Waals surface area contributed by atoms with Crippen LogP contribution in [0.3, 0.4) is 0 Å². The second kappa shape index (κ2) is 7.56. The average molecular weight is 371 g/mol. The molecule has 0 aliphatic rings. The van der Waals surface area contributed by atoms with Gasteiger partial charge in [-0.25, -0.2) is 9.78 Å². The van der Waals surface area contributed by atoms with Gasteiger partial charge in [-0.2, -0.15) is 0 Å². The normalized spacial score (nSPS) is 11.2. The number of nitrogens with one attached hydrogen (secondary N) is 1. The summed E-state index contributed by atoms with van der Waals surface area (Å²) in [5.41, 5.74) is 0.843. The van der Waals surface area contributed by atoms with Crippen LogP contribution in [0.1, 0.15) is 31.7 Å². The van der Waals surface area contributed by atoms with Gasteiger partial charge in [-0.15, -0.1) is 0 Å². The van der Waals surface area contributed by atoms with Crippen LogP contribution in [0.25, 0.3) is 11.2 Å². The first-order chi connectivity index (χ1) is 13.0. The standard InChI is InChI=1S/C18H21N5O4/c1-3-10-22-17(24)15-16(20-14(4-2)19-15)21(18(22)25)11-9-12-5-7-13(8-6-12)23(26)27/h5-8H,3-4,9-11H2,1-2H3,(H,19,20). The van der Waals surface area contributed by atoms with Crippen molar-refractivity contribution >= 4 is 16.9 Å². The summed E-state index contributed by atoms with van der Waals surface area (Å²) < 4.78 is 2.74. The summed E-state index contributed by atoms with van der Waals surface area (Å²) in [6.07, 6.45) is 1.78. The average Bonchev–Trinajstić information content (AvgIpc) is 3.10. The van der Waals surface area contributed by atoms with Gasteiger partial charge in [0.25, 0.3) is 11.2 Å². The predicted molar refractivity (Wildman–Crippen MR) is 101 cm³/mol. The summed E-state index contributed by atoms with van der Waals surface area (Å²) in [4.78, 5) is 43.2. The van der Waals surface area contributed by atoms with Gasteiger partial charge in [0.05, 0.1) is 4.92 Å². The number of H-pyrrole nitrogens is 1. The van der Waals surface area contributed by atoms with Gasteiger partial charge in [0.2, 0.25) is 0 Å². The number of hydrogen-bond acceptors (Lipinski definition) is 5. The van der Waals surface area contributed by atoms with Crippen LogP contribution < -0.4 is 11.2 Å². The van der Waals surface area contributed by atoms with Crippen LogP contribution >= 0.6 is 0 Å². The van der Waals surface area contributed by atoms with Gasteiger partial charge in [-0.1, -0.05) is 26.0 Å². The number of fused-ring (bicyclic) bond motifs is 1. The summed E-state index contributed by atoms with van der Waals surface area (Å²) >= 11 is 0. The van der Waals surface area contributed by atoms with Crippen molar-refractivity contribution in [1.29, 1.82) is 0 Å². The molecule has 0 unspecified atom stereocenters. The van der Waals surface area contributed by atoms with E-state index in [9.17, 15) is 19.7 Å². The van der Waals surface area contributed by atoms with Crippen LogP contribution in [-0.4, -0.2) is 24.0 Å². The molecule has 0 atom stereocenters. The van der Waals surface area contributed by atoms with Crippen LogP contribution in [0.15, 0.2) is 33.9 Å². The van der Waals surface area contributed by atoms with Crippen molar-refractivity contribution in [3.63, 3.8) is 0 Å². The highest BCUT2D eigenvalue weighted by molar-refractivity contribution is 5.69. The molecule has 0 saturated heterocycles. The Balaban J connectivity index is 2.01. The van der Waals surface area contributed by atoms with Gasteiger partial charge in [0, 0.05) is 31.6 Å². The number of rotatable bonds is 7. The molecule has 3 aromatic rings. The molecule has 0 saturated carbocycles. The zero-order valence-corrected chi connectivity index (χ0v) is 15.3. The highest BCUT2D eigenvalue weighted by atomic mass is 16.6. The van der Waals surface area contributed by atoms with E-state index in [4.69, 9.17) is 0 Å². The smallest absolute Gasteiger partial charge is 0.332 e. The number of hydrogen-bond donors (Lipinski definition) is 1. The molecule has 1 N–H and O–H groups in total. The Morgan fingerprint density at radius 3 is 2.41 bits per heavy atom. The summed E-state index contributed by atoms with van der Waals surface area (Å²) in [5.74, 6) is 0.653. The maximum absolute atomic E-state index is 12.8. The lowest BCUT2D eigenvalue weighted by Crippen LogP contribution is -2.40. The lowest BCUT2D eigenvalue weighted by molar-refractivity contribution is -0.384. The Hall–Kier alpha value is -3.23. The maximum Gasteiger partial charge on any atom is 0.332 e. The SMILES string of the molecule is CCCn1c(=O)c2[nH]c(CC)nc2n(CCc2ccc([N+](=O)[O-])cc2)c1=O. The first kappa shape index (κ1) is 18.6. The molecule has 0 amide bonds. The number of aromatic nitrogens is 4. The van der Waals surface area contributed by atoms with E-state index in [-0.39, 0.29) is 16.9 Å². The van der Waals surface area contributed by atoms with Crippen LogP contribution in [-0.2, 0) is 25.9 Å². The Labute approximate surface area is 154 Å². The van der Waals surface area contributed by atoms with Crippen LogP contribution in [0, 0.1) is 10.1 Å². The zero-order chi connectivity index (χ0) is 19.6. The largest absolute Gasteiger partial charge is 0.336 e. The number of aromatic amines is 1. The van der Waals surface area contributed by atoms with Gasteiger partial charge in [0.1, 0.15) is 11.3 Å². The topological polar surface area (TPSA) is 116 Å². The monoisotopic (exact) mass is 371 g/mol. The number of nitro benzene ring substituents is 1. The fraction of sp³-hybridized carbons (Fsp3) is 0.389. The van der Waals surface area contributed by atoms with E-state index in [0.717, 1.165) is 5.56 Å². The van der Waals surface area contributed by atoms with Gasteiger partial charge in [0.15, 0.2) is 5.65 Å². The minimum absolute atomic E-state index is 0.0229. The maximum atomic E-state index is 12.8. The Morgan fingerprint density at radius 1 is 1.11 bits per heavy atom. The van der Waals surface area contributed by atoms with Gasteiger partial charge < -0.3 is 4.98 Å². The molecule has 2 heterocycles. The molecule has 142 valence electrons. The molecular weight excluding hydrogens is 350 g/mol. The number of non-ortho nitro benzene ring substituents is 1. The van der Waals surface area contributed by atoms with E-state index in [0.29, 0.717) is 49.3 Å². The highest BCUT2D eigenvalue weighted by Gasteiger charge is 2.16. The molecule has 0 aliphatic heterocycles. The number of benzene rings is 1. The van der Waals surface area contributed by atoms with E-state index < -0.39 is 4.92 Å². The van der Waals surface area contributed by atoms with Crippen molar-refractivity contribution < 1.29 is 4.92 Å². The van der Waals surface area contributed by atoms with E-state index >= 15 is 0 Å². The van der Waals surface area contributed by atoms with Crippen LogP contribution in [0.5, 0.6) is 0 Å². The summed E-state index contributed by atoms with van der Waals surface area (Å²) in [6, 6.07) is 6.22. The summed E-state index contributed by atoms with van der Waals surface area (Å²) in [5, 5.41) is 10.8. The molecule has 0 bridgehead atoms. The lowest BCUT2D eigenvalue weighted by atomic mass is 10.1. The van der Waals surface area contributed by atoms with Crippen molar-refractivity contribution in [2.45, 2.75) is 46.2 Å². The van der Waals surface area contributed by atoms with Crippen molar-refractivity contribution in [3.8, 4) is 0 Å². The second-order valence-electron chi connectivity index (χ2n) is 6.30. The van der Waals surface area contributed by atoms with Crippen molar-refractivity contribution in [1.82, 2.24) is 19.1 Å².